The molecule has 2 fully saturated rings. The van der Waals surface area contributed by atoms with Crippen molar-refractivity contribution in [1.29, 1.82) is 0 Å². The van der Waals surface area contributed by atoms with Crippen LogP contribution in [0, 0.1) is 0 Å². The molecule has 0 aliphatic carbocycles. The van der Waals surface area contributed by atoms with Crippen molar-refractivity contribution in [2.75, 3.05) is 52.4 Å². The van der Waals surface area contributed by atoms with Crippen LogP contribution in [0.5, 0.6) is 0 Å². The highest BCUT2D eigenvalue weighted by Gasteiger charge is 2.17. The SMILES string of the molecule is C1C[NH2+]CCN1.C1C[NH2+]CCN1.O=C([O-])[C@@H](O)[C@@H](O)C(=O)[O-]. The summed E-state index contributed by atoms with van der Waals surface area (Å²) in [4.78, 5) is 19.3. The predicted octanol–water partition coefficient (Wildman–Crippen LogP) is -8.49. The molecule has 2 saturated heterocycles. The molecule has 2 aliphatic rings. The number of aliphatic hydroxyl groups excluding tert-OH is 2. The molecule has 0 spiro atoms. The lowest BCUT2D eigenvalue weighted by Gasteiger charge is -2.18. The Balaban J connectivity index is 0.000000315. The molecule has 8 N–H and O–H groups in total. The van der Waals surface area contributed by atoms with Gasteiger partial charge in [-0.05, 0) is 0 Å². The van der Waals surface area contributed by atoms with Gasteiger partial charge in [0, 0.05) is 26.2 Å². The maximum Gasteiger partial charge on any atom is 0.124 e. The van der Waals surface area contributed by atoms with Gasteiger partial charge in [0.15, 0.2) is 0 Å². The number of carbonyl (C=O) groups excluding carboxylic acids is 2. The van der Waals surface area contributed by atoms with Crippen LogP contribution in [0.3, 0.4) is 0 Å². The third-order valence-corrected chi connectivity index (χ3v) is 2.88. The van der Waals surface area contributed by atoms with Gasteiger partial charge in [0.05, 0.1) is 38.1 Å². The van der Waals surface area contributed by atoms with E-state index < -0.39 is 24.1 Å². The number of hydrogen-bond donors (Lipinski definition) is 6. The second kappa shape index (κ2) is 13.4. The van der Waals surface area contributed by atoms with E-state index in [-0.39, 0.29) is 0 Å². The minimum Gasteiger partial charge on any atom is -0.547 e. The summed E-state index contributed by atoms with van der Waals surface area (Å²) in [6.07, 6.45) is -4.88. The van der Waals surface area contributed by atoms with E-state index in [0.717, 1.165) is 0 Å². The van der Waals surface area contributed by atoms with Crippen LogP contribution in [0.25, 0.3) is 0 Å². The van der Waals surface area contributed by atoms with Gasteiger partial charge in [-0.3, -0.25) is 0 Å². The number of nitrogens with one attached hydrogen (secondary N) is 2. The van der Waals surface area contributed by atoms with E-state index in [1.54, 1.807) is 0 Å². The van der Waals surface area contributed by atoms with Crippen LogP contribution in [-0.2, 0) is 9.59 Å². The summed E-state index contributed by atoms with van der Waals surface area (Å²) in [6.45, 7) is 9.83. The zero-order valence-corrected chi connectivity index (χ0v) is 12.5. The molecule has 0 bridgehead atoms. The van der Waals surface area contributed by atoms with Crippen molar-refractivity contribution in [3.8, 4) is 0 Å². The Labute approximate surface area is 128 Å². The van der Waals surface area contributed by atoms with Crippen LogP contribution in [0.1, 0.15) is 0 Å². The summed E-state index contributed by atoms with van der Waals surface area (Å²) < 4.78 is 0. The fourth-order valence-electron chi connectivity index (χ4n) is 1.61. The summed E-state index contributed by atoms with van der Waals surface area (Å²) in [7, 11) is 0. The topological polar surface area (TPSA) is 178 Å². The second-order valence-corrected chi connectivity index (χ2v) is 4.76. The fraction of sp³-hybridized carbons (Fsp3) is 0.833. The zero-order valence-electron chi connectivity index (χ0n) is 12.5. The molecule has 130 valence electrons. The first-order valence-corrected chi connectivity index (χ1v) is 7.29. The van der Waals surface area contributed by atoms with Crippen LogP contribution in [0.2, 0.25) is 0 Å². The quantitative estimate of drug-likeness (QED) is 0.296. The summed E-state index contributed by atoms with van der Waals surface area (Å²) in [5.74, 6) is -4.12. The third-order valence-electron chi connectivity index (χ3n) is 2.88. The number of aliphatic carboxylic acids is 2. The summed E-state index contributed by atoms with van der Waals surface area (Å²) >= 11 is 0. The maximum atomic E-state index is 9.63. The van der Waals surface area contributed by atoms with Gasteiger partial charge in [-0.2, -0.15) is 0 Å². The van der Waals surface area contributed by atoms with Gasteiger partial charge in [-0.25, -0.2) is 0 Å². The van der Waals surface area contributed by atoms with Crippen LogP contribution in [-0.4, -0.2) is 86.7 Å². The monoisotopic (exact) mass is 322 g/mol. The molecule has 0 aromatic rings. The highest BCUT2D eigenvalue weighted by molar-refractivity contribution is 5.80. The number of nitrogens with two attached hydrogens (primary N) is 2. The van der Waals surface area contributed by atoms with E-state index in [0.29, 0.717) is 0 Å². The van der Waals surface area contributed by atoms with Crippen LogP contribution in [0.4, 0.5) is 0 Å². The predicted molar refractivity (Wildman–Crippen MR) is 71.1 cm³/mol. The molecule has 2 aliphatic heterocycles. The van der Waals surface area contributed by atoms with Gasteiger partial charge in [0.2, 0.25) is 0 Å². The van der Waals surface area contributed by atoms with E-state index in [1.807, 2.05) is 0 Å². The van der Waals surface area contributed by atoms with E-state index >= 15 is 0 Å². The number of piperazine rings is 2. The highest BCUT2D eigenvalue weighted by Crippen LogP contribution is 1.88. The van der Waals surface area contributed by atoms with Crippen LogP contribution < -0.4 is 31.5 Å². The van der Waals surface area contributed by atoms with Gasteiger partial charge < -0.3 is 51.3 Å². The maximum absolute atomic E-state index is 9.63. The molecule has 2 atom stereocenters. The lowest BCUT2D eigenvalue weighted by atomic mass is 10.2. The molecule has 0 saturated carbocycles. The Morgan fingerprint density at radius 3 is 1.14 bits per heavy atom. The average Bonchev–Trinajstić information content (AvgIpc) is 2.57. The number of carbonyl (C=O) groups is 2. The fourth-order valence-corrected chi connectivity index (χ4v) is 1.61. The Morgan fingerprint density at radius 1 is 0.773 bits per heavy atom. The molecule has 10 nitrogen and oxygen atoms in total. The van der Waals surface area contributed by atoms with Crippen LogP contribution in [0.15, 0.2) is 0 Å². The van der Waals surface area contributed by atoms with E-state index in [1.165, 1.54) is 52.4 Å². The van der Waals surface area contributed by atoms with Crippen molar-refractivity contribution < 1.29 is 40.6 Å². The first-order chi connectivity index (χ1) is 10.5. The van der Waals surface area contributed by atoms with Crippen molar-refractivity contribution in [2.24, 2.45) is 0 Å². The molecule has 0 amide bonds. The first-order valence-electron chi connectivity index (χ1n) is 7.29. The summed E-state index contributed by atoms with van der Waals surface area (Å²) in [6, 6.07) is 0. The van der Waals surface area contributed by atoms with E-state index in [9.17, 15) is 19.8 Å². The minimum absolute atomic E-state index is 1.19. The van der Waals surface area contributed by atoms with Gasteiger partial charge in [0.25, 0.3) is 0 Å². The molecule has 2 heterocycles. The smallest absolute Gasteiger partial charge is 0.124 e. The lowest BCUT2D eigenvalue weighted by Crippen LogP contribution is -2.89. The Bertz CT molecular complexity index is 257. The molecule has 10 heteroatoms. The Kier molecular flexibility index (Phi) is 12.6. The summed E-state index contributed by atoms with van der Waals surface area (Å²) in [5, 5.41) is 46.9. The molecule has 22 heavy (non-hydrogen) atoms. The summed E-state index contributed by atoms with van der Waals surface area (Å²) in [5.41, 5.74) is 0. The number of carboxylic acid groups (broad SMARTS) is 2. The average molecular weight is 322 g/mol. The standard InChI is InChI=1S/2C4H10N2.C4H6O6/c2*1-2-6-4-3-5-1;5-1(3(7)8)2(6)4(9)10/h2*5-6H,1-4H2;1-2,5-6H,(H,7,8)(H,9,10)/t;;1-,2+. The Hall–Kier alpha value is -1.30. The van der Waals surface area contributed by atoms with Gasteiger partial charge >= 0.3 is 0 Å². The number of aliphatic hydroxyl groups is 2. The first kappa shape index (κ1) is 20.7. The molecule has 0 unspecified atom stereocenters. The van der Waals surface area contributed by atoms with Crippen molar-refractivity contribution in [2.45, 2.75) is 12.2 Å². The van der Waals surface area contributed by atoms with Crippen molar-refractivity contribution >= 4 is 11.9 Å². The molecule has 0 aromatic heterocycles. The van der Waals surface area contributed by atoms with E-state index in [4.69, 9.17) is 10.2 Å². The normalized spacial score (nSPS) is 20.3. The number of quaternary nitrogens is 2. The third kappa shape index (κ3) is 11.4. The minimum atomic E-state index is -2.44. The van der Waals surface area contributed by atoms with Crippen LogP contribution >= 0.6 is 0 Å². The number of hydrogen-bond acceptors (Lipinski definition) is 8. The van der Waals surface area contributed by atoms with Gasteiger partial charge in [-0.15, -0.1) is 0 Å². The van der Waals surface area contributed by atoms with Crippen molar-refractivity contribution in [1.82, 2.24) is 10.6 Å². The van der Waals surface area contributed by atoms with Crippen molar-refractivity contribution in [3.63, 3.8) is 0 Å². The zero-order chi connectivity index (χ0) is 16.8. The highest BCUT2D eigenvalue weighted by atomic mass is 16.4. The largest absolute Gasteiger partial charge is 0.547 e. The number of rotatable bonds is 3. The molecule has 2 rings (SSSR count). The molecule has 0 radical (unpaired) electrons. The van der Waals surface area contributed by atoms with Crippen molar-refractivity contribution in [3.05, 3.63) is 0 Å². The number of carboxylic acids is 2. The van der Waals surface area contributed by atoms with Gasteiger partial charge in [0.1, 0.15) is 12.2 Å². The second-order valence-electron chi connectivity index (χ2n) is 4.76. The Morgan fingerprint density at radius 2 is 1.05 bits per heavy atom. The molecule has 0 aromatic carbocycles. The molecular formula is C12H26N4O6. The van der Waals surface area contributed by atoms with E-state index in [2.05, 4.69) is 21.3 Å². The van der Waals surface area contributed by atoms with Gasteiger partial charge in [-0.1, -0.05) is 0 Å². The lowest BCUT2D eigenvalue weighted by molar-refractivity contribution is -0.657. The molecular weight excluding hydrogens is 296 g/mol.